The number of aliphatic hydroxyl groups excluding tert-OH is 1. The molecule has 0 spiro atoms. The molecule has 2 rings (SSSR count). The molecule has 0 bridgehead atoms. The summed E-state index contributed by atoms with van der Waals surface area (Å²) in [5.41, 5.74) is 2.86. The van der Waals surface area contributed by atoms with Crippen LogP contribution in [0.3, 0.4) is 0 Å². The lowest BCUT2D eigenvalue weighted by Gasteiger charge is -2.06. The van der Waals surface area contributed by atoms with Gasteiger partial charge in [-0.2, -0.15) is 0 Å². The van der Waals surface area contributed by atoms with Crippen LogP contribution in [-0.2, 0) is 0 Å². The average molecular weight is 211 g/mol. The van der Waals surface area contributed by atoms with Crippen LogP contribution in [0.2, 0.25) is 0 Å². The lowest BCUT2D eigenvalue weighted by Crippen LogP contribution is -2.04. The lowest BCUT2D eigenvalue weighted by molar-refractivity contribution is 0.309. The Hall–Kier alpha value is -1.93. The van der Waals surface area contributed by atoms with Gasteiger partial charge in [-0.15, -0.1) is 0 Å². The van der Waals surface area contributed by atoms with Gasteiger partial charge in [0.15, 0.2) is 0 Å². The van der Waals surface area contributed by atoms with Crippen LogP contribution in [-0.4, -0.2) is 17.5 Å². The number of rotatable bonds is 3. The van der Waals surface area contributed by atoms with E-state index in [4.69, 9.17) is 5.11 Å². The third-order valence-corrected chi connectivity index (χ3v) is 2.32. The second kappa shape index (κ2) is 5.24. The molecule has 0 aliphatic carbocycles. The molecular weight excluding hydrogens is 198 g/mol. The molecule has 0 aliphatic heterocycles. The van der Waals surface area contributed by atoms with Crippen molar-refractivity contribution in [2.24, 2.45) is 4.99 Å². The molecule has 0 aliphatic rings. The number of hydrogen-bond donors (Lipinski definition) is 1. The molecular formula is C14H13NO. The molecule has 0 atom stereocenters. The van der Waals surface area contributed by atoms with Crippen molar-refractivity contribution < 1.29 is 5.11 Å². The van der Waals surface area contributed by atoms with Crippen LogP contribution in [0.15, 0.2) is 65.7 Å². The molecule has 80 valence electrons. The van der Waals surface area contributed by atoms with Gasteiger partial charge in [0.1, 0.15) is 6.73 Å². The van der Waals surface area contributed by atoms with Gasteiger partial charge in [0.05, 0.1) is 5.71 Å². The van der Waals surface area contributed by atoms with Crippen LogP contribution in [0.4, 0.5) is 0 Å². The summed E-state index contributed by atoms with van der Waals surface area (Å²) in [4.78, 5) is 4.14. The first-order valence-corrected chi connectivity index (χ1v) is 5.18. The van der Waals surface area contributed by atoms with E-state index >= 15 is 0 Å². The van der Waals surface area contributed by atoms with E-state index in [-0.39, 0.29) is 6.73 Å². The van der Waals surface area contributed by atoms with E-state index in [0.29, 0.717) is 0 Å². The summed E-state index contributed by atoms with van der Waals surface area (Å²) in [6.45, 7) is -0.195. The van der Waals surface area contributed by atoms with Gasteiger partial charge in [-0.1, -0.05) is 60.7 Å². The van der Waals surface area contributed by atoms with E-state index < -0.39 is 0 Å². The van der Waals surface area contributed by atoms with Crippen molar-refractivity contribution >= 4 is 5.71 Å². The minimum Gasteiger partial charge on any atom is -0.375 e. The second-order valence-corrected chi connectivity index (χ2v) is 3.38. The number of benzene rings is 2. The van der Waals surface area contributed by atoms with E-state index in [1.54, 1.807) is 0 Å². The molecule has 0 saturated carbocycles. The van der Waals surface area contributed by atoms with Gasteiger partial charge < -0.3 is 5.11 Å². The Morgan fingerprint density at radius 3 is 1.62 bits per heavy atom. The van der Waals surface area contributed by atoms with Gasteiger partial charge in [-0.25, -0.2) is 0 Å². The number of aliphatic imine (C=N–C) groups is 1. The van der Waals surface area contributed by atoms with Crippen molar-refractivity contribution in [1.29, 1.82) is 0 Å². The SMILES string of the molecule is OCN=C(c1ccccc1)c1ccccc1. The number of hydrogen-bond acceptors (Lipinski definition) is 2. The minimum atomic E-state index is -0.195. The number of aliphatic hydroxyl groups is 1. The molecule has 0 aromatic heterocycles. The summed E-state index contributed by atoms with van der Waals surface area (Å²) in [6, 6.07) is 19.7. The summed E-state index contributed by atoms with van der Waals surface area (Å²) in [5.74, 6) is 0. The fraction of sp³-hybridized carbons (Fsp3) is 0.0714. The zero-order chi connectivity index (χ0) is 11.2. The maximum absolute atomic E-state index is 8.97. The van der Waals surface area contributed by atoms with Crippen LogP contribution in [0.5, 0.6) is 0 Å². The Bertz CT molecular complexity index is 421. The molecule has 0 amide bonds. The highest BCUT2D eigenvalue weighted by Gasteiger charge is 2.04. The quantitative estimate of drug-likeness (QED) is 0.777. The fourth-order valence-corrected chi connectivity index (χ4v) is 1.61. The predicted molar refractivity (Wildman–Crippen MR) is 65.6 cm³/mol. The van der Waals surface area contributed by atoms with Crippen molar-refractivity contribution in [3.63, 3.8) is 0 Å². The highest BCUT2D eigenvalue weighted by molar-refractivity contribution is 6.12. The first-order chi connectivity index (χ1) is 7.92. The maximum atomic E-state index is 8.97. The molecule has 0 unspecified atom stereocenters. The van der Waals surface area contributed by atoms with E-state index in [1.807, 2.05) is 60.7 Å². The predicted octanol–water partition coefficient (Wildman–Crippen LogP) is 2.47. The van der Waals surface area contributed by atoms with Gasteiger partial charge in [0.25, 0.3) is 0 Å². The Morgan fingerprint density at radius 2 is 1.25 bits per heavy atom. The summed E-state index contributed by atoms with van der Waals surface area (Å²) < 4.78 is 0. The van der Waals surface area contributed by atoms with Crippen molar-refractivity contribution in [2.45, 2.75) is 0 Å². The van der Waals surface area contributed by atoms with E-state index in [9.17, 15) is 0 Å². The van der Waals surface area contributed by atoms with Crippen LogP contribution in [0.1, 0.15) is 11.1 Å². The Kier molecular flexibility index (Phi) is 3.46. The lowest BCUT2D eigenvalue weighted by atomic mass is 10.0. The first-order valence-electron chi connectivity index (χ1n) is 5.18. The Labute approximate surface area is 94.9 Å². The smallest absolute Gasteiger partial charge is 0.135 e. The minimum absolute atomic E-state index is 0.195. The molecule has 0 saturated heterocycles. The highest BCUT2D eigenvalue weighted by atomic mass is 16.3. The van der Waals surface area contributed by atoms with Crippen molar-refractivity contribution in [3.05, 3.63) is 71.8 Å². The van der Waals surface area contributed by atoms with Crippen molar-refractivity contribution in [3.8, 4) is 0 Å². The molecule has 2 nitrogen and oxygen atoms in total. The fourth-order valence-electron chi connectivity index (χ4n) is 1.61. The zero-order valence-electron chi connectivity index (χ0n) is 8.88. The molecule has 0 heterocycles. The number of nitrogens with zero attached hydrogens (tertiary/aromatic N) is 1. The van der Waals surface area contributed by atoms with Gasteiger partial charge >= 0.3 is 0 Å². The third kappa shape index (κ3) is 2.35. The van der Waals surface area contributed by atoms with Crippen molar-refractivity contribution in [2.75, 3.05) is 6.73 Å². The van der Waals surface area contributed by atoms with Crippen LogP contribution in [0.25, 0.3) is 0 Å². The molecule has 2 heteroatoms. The van der Waals surface area contributed by atoms with E-state index in [1.165, 1.54) is 0 Å². The van der Waals surface area contributed by atoms with Crippen LogP contribution in [0, 0.1) is 0 Å². The Morgan fingerprint density at radius 1 is 0.812 bits per heavy atom. The van der Waals surface area contributed by atoms with Crippen molar-refractivity contribution in [1.82, 2.24) is 0 Å². The first kappa shape index (κ1) is 10.6. The molecule has 1 N–H and O–H groups in total. The van der Waals surface area contributed by atoms with Crippen LogP contribution < -0.4 is 0 Å². The Balaban J connectivity index is 2.44. The topological polar surface area (TPSA) is 32.6 Å². The van der Waals surface area contributed by atoms with Crippen LogP contribution >= 0.6 is 0 Å². The van der Waals surface area contributed by atoms with Gasteiger partial charge in [-0.05, 0) is 0 Å². The highest BCUT2D eigenvalue weighted by Crippen LogP contribution is 2.10. The third-order valence-electron chi connectivity index (χ3n) is 2.32. The monoisotopic (exact) mass is 211 g/mol. The summed E-state index contributed by atoms with van der Waals surface area (Å²) in [6.07, 6.45) is 0. The molecule has 2 aromatic rings. The zero-order valence-corrected chi connectivity index (χ0v) is 8.88. The van der Waals surface area contributed by atoms with Gasteiger partial charge in [0.2, 0.25) is 0 Å². The molecule has 0 fully saturated rings. The van der Waals surface area contributed by atoms with E-state index in [2.05, 4.69) is 4.99 Å². The normalized spacial score (nSPS) is 9.81. The summed E-state index contributed by atoms with van der Waals surface area (Å²) in [7, 11) is 0. The van der Waals surface area contributed by atoms with Gasteiger partial charge in [0, 0.05) is 11.1 Å². The second-order valence-electron chi connectivity index (χ2n) is 3.38. The maximum Gasteiger partial charge on any atom is 0.135 e. The largest absolute Gasteiger partial charge is 0.375 e. The van der Waals surface area contributed by atoms with Gasteiger partial charge in [-0.3, -0.25) is 4.99 Å². The summed E-state index contributed by atoms with van der Waals surface area (Å²) >= 11 is 0. The molecule has 16 heavy (non-hydrogen) atoms. The standard InChI is InChI=1S/C14H13NO/c16-11-15-14(12-7-3-1-4-8-12)13-9-5-2-6-10-13/h1-10,16H,11H2. The average Bonchev–Trinajstić information content (AvgIpc) is 2.38. The molecule has 2 aromatic carbocycles. The van der Waals surface area contributed by atoms with E-state index in [0.717, 1.165) is 16.8 Å². The molecule has 0 radical (unpaired) electrons. The summed E-state index contributed by atoms with van der Waals surface area (Å²) in [5, 5.41) is 8.97.